The van der Waals surface area contributed by atoms with Crippen LogP contribution in [0.25, 0.3) is 11.0 Å². The maximum atomic E-state index is 13.7. The van der Waals surface area contributed by atoms with Gasteiger partial charge in [-0.05, 0) is 18.2 Å². The lowest BCUT2D eigenvalue weighted by molar-refractivity contribution is 0.0949. The molecule has 144 valence electrons. The third-order valence-electron chi connectivity index (χ3n) is 4.69. The summed E-state index contributed by atoms with van der Waals surface area (Å²) in [5.74, 6) is -0.317. The predicted molar refractivity (Wildman–Crippen MR) is 103 cm³/mol. The molecule has 4 rings (SSSR count). The average molecular weight is 382 g/mol. The summed E-state index contributed by atoms with van der Waals surface area (Å²) in [4.78, 5) is 34.7. The number of H-pyrrole nitrogens is 1. The van der Waals surface area contributed by atoms with Crippen molar-refractivity contribution >= 4 is 22.8 Å². The number of nitrogens with zero attached hydrogens (tertiary/aromatic N) is 2. The molecule has 0 atom stereocenters. The first-order chi connectivity index (χ1) is 13.6. The number of aromatic amines is 1. The van der Waals surface area contributed by atoms with Gasteiger partial charge in [0.25, 0.3) is 5.91 Å². The van der Waals surface area contributed by atoms with Crippen LogP contribution in [0.3, 0.4) is 0 Å². The number of halogens is 1. The second-order valence-corrected chi connectivity index (χ2v) is 6.47. The molecule has 1 aliphatic heterocycles. The molecule has 0 spiro atoms. The van der Waals surface area contributed by atoms with Gasteiger partial charge in [-0.2, -0.15) is 0 Å². The number of nitrogens with one attached hydrogen (secondary N) is 2. The summed E-state index contributed by atoms with van der Waals surface area (Å²) in [7, 11) is 0. The van der Waals surface area contributed by atoms with E-state index in [0.29, 0.717) is 43.2 Å². The van der Waals surface area contributed by atoms with Gasteiger partial charge in [0.2, 0.25) is 5.43 Å². The lowest BCUT2D eigenvalue weighted by Gasteiger charge is -2.27. The molecule has 0 unspecified atom stereocenters. The predicted octanol–water partition coefficient (Wildman–Crippen LogP) is 1.83. The van der Waals surface area contributed by atoms with Crippen molar-refractivity contribution in [1.82, 2.24) is 15.3 Å². The minimum Gasteiger partial charge on any atom is -0.378 e. The number of carbonyl (C=O) groups is 1. The molecule has 28 heavy (non-hydrogen) atoms. The molecule has 1 amide bonds. The number of fused-ring (bicyclic) bond motifs is 1. The summed E-state index contributed by atoms with van der Waals surface area (Å²) < 4.78 is 19.0. The molecule has 1 aromatic carbocycles. The van der Waals surface area contributed by atoms with E-state index in [2.05, 4.69) is 15.3 Å². The van der Waals surface area contributed by atoms with Gasteiger partial charge in [0, 0.05) is 31.4 Å². The van der Waals surface area contributed by atoms with Crippen molar-refractivity contribution in [2.45, 2.75) is 6.54 Å². The molecule has 1 aliphatic rings. The lowest BCUT2D eigenvalue weighted by atomic mass is 10.2. The maximum Gasteiger partial charge on any atom is 0.257 e. The number of rotatable bonds is 4. The highest BCUT2D eigenvalue weighted by Crippen LogP contribution is 2.16. The molecule has 2 N–H and O–H groups in total. The second-order valence-electron chi connectivity index (χ2n) is 6.47. The van der Waals surface area contributed by atoms with E-state index in [1.165, 1.54) is 12.3 Å². The summed E-state index contributed by atoms with van der Waals surface area (Å²) in [5, 5.41) is 2.59. The topological polar surface area (TPSA) is 87.3 Å². The Labute approximate surface area is 160 Å². The molecule has 3 aromatic rings. The largest absolute Gasteiger partial charge is 0.378 e. The fourth-order valence-corrected chi connectivity index (χ4v) is 3.13. The van der Waals surface area contributed by atoms with Gasteiger partial charge in [-0.25, -0.2) is 9.37 Å². The molecule has 7 nitrogen and oxygen atoms in total. The second kappa shape index (κ2) is 7.77. The molecule has 0 bridgehead atoms. The van der Waals surface area contributed by atoms with Crippen LogP contribution in [-0.4, -0.2) is 42.2 Å². The molecule has 3 heterocycles. The third kappa shape index (κ3) is 3.59. The molecule has 2 aromatic heterocycles. The van der Waals surface area contributed by atoms with E-state index < -0.39 is 17.2 Å². The van der Waals surface area contributed by atoms with Crippen LogP contribution in [0.5, 0.6) is 0 Å². The van der Waals surface area contributed by atoms with Crippen molar-refractivity contribution in [1.29, 1.82) is 0 Å². The standard InChI is InChI=1S/C20H19FN4O3/c21-15-4-2-1-3-13(15)11-23-20(27)14-12-22-16-5-6-17(24-18(16)19(14)26)25-7-9-28-10-8-25/h1-6,12H,7-11H2,(H,22,26)(H,23,27). The van der Waals surface area contributed by atoms with Crippen molar-refractivity contribution in [2.75, 3.05) is 31.2 Å². The van der Waals surface area contributed by atoms with E-state index >= 15 is 0 Å². The van der Waals surface area contributed by atoms with Crippen LogP contribution in [-0.2, 0) is 11.3 Å². The molecule has 8 heteroatoms. The Bertz CT molecular complexity index is 1080. The highest BCUT2D eigenvalue weighted by atomic mass is 19.1. The van der Waals surface area contributed by atoms with Gasteiger partial charge in [-0.3, -0.25) is 9.59 Å². The van der Waals surface area contributed by atoms with Crippen molar-refractivity contribution in [2.24, 2.45) is 0 Å². The summed E-state index contributed by atoms with van der Waals surface area (Å²) in [6.07, 6.45) is 1.36. The van der Waals surface area contributed by atoms with Crippen molar-refractivity contribution in [3.63, 3.8) is 0 Å². The van der Waals surface area contributed by atoms with Crippen LogP contribution in [0.2, 0.25) is 0 Å². The first kappa shape index (κ1) is 18.1. The number of amides is 1. The minimum atomic E-state index is -0.579. The Kier molecular flexibility index (Phi) is 5.03. The Morgan fingerprint density at radius 2 is 2.00 bits per heavy atom. The average Bonchev–Trinajstić information content (AvgIpc) is 2.74. The zero-order chi connectivity index (χ0) is 19.5. The molecule has 1 saturated heterocycles. The first-order valence-electron chi connectivity index (χ1n) is 9.00. The Hall–Kier alpha value is -3.26. The summed E-state index contributed by atoms with van der Waals surface area (Å²) >= 11 is 0. The van der Waals surface area contributed by atoms with E-state index in [1.54, 1.807) is 24.3 Å². The van der Waals surface area contributed by atoms with Gasteiger partial charge in [-0.1, -0.05) is 18.2 Å². The van der Waals surface area contributed by atoms with Gasteiger partial charge in [0.05, 0.1) is 18.7 Å². The van der Waals surface area contributed by atoms with Crippen molar-refractivity contribution in [3.8, 4) is 0 Å². The van der Waals surface area contributed by atoms with E-state index in [1.807, 2.05) is 11.0 Å². The van der Waals surface area contributed by atoms with Gasteiger partial charge < -0.3 is 19.9 Å². The Balaban J connectivity index is 1.60. The lowest BCUT2D eigenvalue weighted by Crippen LogP contribution is -2.37. The quantitative estimate of drug-likeness (QED) is 0.719. The summed E-state index contributed by atoms with van der Waals surface area (Å²) in [6.45, 7) is 2.59. The number of hydrogen-bond donors (Lipinski definition) is 2. The van der Waals surface area contributed by atoms with Crippen LogP contribution in [0.4, 0.5) is 10.2 Å². The van der Waals surface area contributed by atoms with Gasteiger partial charge in [-0.15, -0.1) is 0 Å². The van der Waals surface area contributed by atoms with Crippen LogP contribution >= 0.6 is 0 Å². The fraction of sp³-hybridized carbons (Fsp3) is 0.250. The van der Waals surface area contributed by atoms with Crippen molar-refractivity contribution < 1.29 is 13.9 Å². The molecular weight excluding hydrogens is 363 g/mol. The van der Waals surface area contributed by atoms with E-state index in [-0.39, 0.29) is 17.6 Å². The zero-order valence-electron chi connectivity index (χ0n) is 15.1. The number of hydrogen-bond acceptors (Lipinski definition) is 5. The molecule has 0 aliphatic carbocycles. The van der Waals surface area contributed by atoms with Gasteiger partial charge >= 0.3 is 0 Å². The number of carbonyl (C=O) groups excluding carboxylic acids is 1. The number of ether oxygens (including phenoxy) is 1. The fourth-order valence-electron chi connectivity index (χ4n) is 3.13. The molecule has 0 radical (unpaired) electrons. The van der Waals surface area contributed by atoms with Crippen LogP contribution in [0.15, 0.2) is 47.4 Å². The maximum absolute atomic E-state index is 13.7. The number of pyridine rings is 2. The summed E-state index contributed by atoms with van der Waals surface area (Å²) in [5.41, 5.74) is 0.571. The zero-order valence-corrected chi connectivity index (χ0v) is 15.1. The van der Waals surface area contributed by atoms with Gasteiger partial charge in [0.1, 0.15) is 22.7 Å². The Morgan fingerprint density at radius 1 is 1.21 bits per heavy atom. The smallest absolute Gasteiger partial charge is 0.257 e. The molecule has 1 fully saturated rings. The number of anilines is 1. The van der Waals surface area contributed by atoms with Crippen LogP contribution in [0, 0.1) is 5.82 Å². The normalized spacial score (nSPS) is 14.2. The van der Waals surface area contributed by atoms with Crippen LogP contribution < -0.4 is 15.6 Å². The molecular formula is C20H19FN4O3. The van der Waals surface area contributed by atoms with E-state index in [4.69, 9.17) is 4.74 Å². The first-order valence-corrected chi connectivity index (χ1v) is 9.00. The number of benzene rings is 1. The SMILES string of the molecule is O=C(NCc1ccccc1F)c1c[nH]c2ccc(N3CCOCC3)nc2c1=O. The molecule has 0 saturated carbocycles. The Morgan fingerprint density at radius 3 is 2.79 bits per heavy atom. The van der Waals surface area contributed by atoms with Gasteiger partial charge in [0.15, 0.2) is 0 Å². The van der Waals surface area contributed by atoms with E-state index in [9.17, 15) is 14.0 Å². The third-order valence-corrected chi connectivity index (χ3v) is 4.69. The summed E-state index contributed by atoms with van der Waals surface area (Å²) in [6, 6.07) is 9.77. The minimum absolute atomic E-state index is 0.00969. The van der Waals surface area contributed by atoms with E-state index in [0.717, 1.165) is 0 Å². The highest BCUT2D eigenvalue weighted by molar-refractivity contribution is 5.96. The highest BCUT2D eigenvalue weighted by Gasteiger charge is 2.17. The van der Waals surface area contributed by atoms with Crippen molar-refractivity contribution in [3.05, 3.63) is 69.8 Å². The van der Waals surface area contributed by atoms with Crippen LogP contribution in [0.1, 0.15) is 15.9 Å². The monoisotopic (exact) mass is 382 g/mol. The number of morpholine rings is 1. The number of aromatic nitrogens is 2.